The van der Waals surface area contributed by atoms with Crippen LogP contribution in [0.25, 0.3) is 0 Å². The van der Waals surface area contributed by atoms with Crippen LogP contribution in [-0.4, -0.2) is 21.2 Å². The standard InChI is InChI=1S/C7H16O2Si/c1-10(2,3)6-4-5-9-7-8/h7H,4-6H2,1-3H3. The summed E-state index contributed by atoms with van der Waals surface area (Å²) in [5, 5.41) is 0. The fourth-order valence-corrected chi connectivity index (χ4v) is 1.94. The molecule has 0 aliphatic carbocycles. The summed E-state index contributed by atoms with van der Waals surface area (Å²) in [5.74, 6) is 0. The van der Waals surface area contributed by atoms with Crippen LogP contribution in [0.5, 0.6) is 0 Å². The lowest BCUT2D eigenvalue weighted by Gasteiger charge is -2.14. The Bertz CT molecular complexity index is 96.3. The highest BCUT2D eigenvalue weighted by molar-refractivity contribution is 6.76. The van der Waals surface area contributed by atoms with Gasteiger partial charge >= 0.3 is 0 Å². The third-order valence-electron chi connectivity index (χ3n) is 1.26. The van der Waals surface area contributed by atoms with Crippen LogP contribution in [-0.2, 0) is 9.53 Å². The quantitative estimate of drug-likeness (QED) is 0.349. The second-order valence-electron chi connectivity index (χ2n) is 3.63. The Morgan fingerprint density at radius 1 is 1.40 bits per heavy atom. The van der Waals surface area contributed by atoms with E-state index in [0.29, 0.717) is 13.1 Å². The van der Waals surface area contributed by atoms with Crippen molar-refractivity contribution in [2.75, 3.05) is 6.61 Å². The molecule has 0 aliphatic rings. The molecule has 0 fully saturated rings. The van der Waals surface area contributed by atoms with Crippen LogP contribution in [0.2, 0.25) is 25.7 Å². The Kier molecular flexibility index (Phi) is 4.35. The summed E-state index contributed by atoms with van der Waals surface area (Å²) in [7, 11) is -0.903. The third-order valence-corrected chi connectivity index (χ3v) is 3.11. The number of hydrogen-bond acceptors (Lipinski definition) is 2. The van der Waals surface area contributed by atoms with Gasteiger partial charge in [-0.3, -0.25) is 4.79 Å². The monoisotopic (exact) mass is 160 g/mol. The molecule has 0 amide bonds. The lowest BCUT2D eigenvalue weighted by molar-refractivity contribution is -0.128. The molecule has 0 N–H and O–H groups in total. The SMILES string of the molecule is C[Si](C)(C)CCCOC=O. The van der Waals surface area contributed by atoms with E-state index in [1.807, 2.05) is 0 Å². The number of rotatable bonds is 5. The van der Waals surface area contributed by atoms with Gasteiger partial charge in [-0.25, -0.2) is 0 Å². The Hall–Kier alpha value is -0.313. The van der Waals surface area contributed by atoms with E-state index in [-0.39, 0.29) is 0 Å². The minimum atomic E-state index is -0.903. The fraction of sp³-hybridized carbons (Fsp3) is 0.857. The number of ether oxygens (including phenoxy) is 1. The maximum Gasteiger partial charge on any atom is 0.293 e. The molecule has 0 rings (SSSR count). The van der Waals surface area contributed by atoms with Crippen molar-refractivity contribution in [1.82, 2.24) is 0 Å². The van der Waals surface area contributed by atoms with Crippen molar-refractivity contribution in [2.45, 2.75) is 32.1 Å². The van der Waals surface area contributed by atoms with Crippen molar-refractivity contribution >= 4 is 14.5 Å². The largest absolute Gasteiger partial charge is 0.468 e. The predicted molar refractivity (Wildman–Crippen MR) is 44.8 cm³/mol. The van der Waals surface area contributed by atoms with Gasteiger partial charge in [0.2, 0.25) is 0 Å². The lowest BCUT2D eigenvalue weighted by Crippen LogP contribution is -2.19. The Balaban J connectivity index is 3.12. The first-order valence-corrected chi connectivity index (χ1v) is 7.32. The Labute approximate surface area is 63.6 Å². The zero-order valence-corrected chi connectivity index (χ0v) is 8.02. The molecule has 0 spiro atoms. The molecule has 3 heteroatoms. The maximum atomic E-state index is 9.72. The van der Waals surface area contributed by atoms with Crippen LogP contribution in [0.15, 0.2) is 0 Å². The summed E-state index contributed by atoms with van der Waals surface area (Å²) in [5.41, 5.74) is 0. The minimum Gasteiger partial charge on any atom is -0.468 e. The number of carbonyl (C=O) groups is 1. The van der Waals surface area contributed by atoms with Crippen LogP contribution in [0, 0.1) is 0 Å². The fourth-order valence-electron chi connectivity index (χ4n) is 0.734. The molecule has 0 saturated heterocycles. The molecule has 0 aromatic carbocycles. The van der Waals surface area contributed by atoms with Gasteiger partial charge in [-0.1, -0.05) is 25.7 Å². The van der Waals surface area contributed by atoms with Gasteiger partial charge in [0.05, 0.1) is 6.61 Å². The Morgan fingerprint density at radius 2 is 2.00 bits per heavy atom. The van der Waals surface area contributed by atoms with E-state index in [9.17, 15) is 4.79 Å². The molecule has 60 valence electrons. The van der Waals surface area contributed by atoms with Gasteiger partial charge in [0.1, 0.15) is 0 Å². The van der Waals surface area contributed by atoms with Gasteiger partial charge in [0, 0.05) is 8.07 Å². The van der Waals surface area contributed by atoms with Crippen LogP contribution < -0.4 is 0 Å². The topological polar surface area (TPSA) is 26.3 Å². The van der Waals surface area contributed by atoms with Gasteiger partial charge < -0.3 is 4.74 Å². The zero-order chi connectivity index (χ0) is 8.04. The van der Waals surface area contributed by atoms with E-state index in [1.165, 1.54) is 6.04 Å². The highest BCUT2D eigenvalue weighted by atomic mass is 28.3. The van der Waals surface area contributed by atoms with Crippen molar-refractivity contribution in [3.8, 4) is 0 Å². The lowest BCUT2D eigenvalue weighted by atomic mass is 10.5. The molecule has 2 nitrogen and oxygen atoms in total. The average Bonchev–Trinajstić information content (AvgIpc) is 1.78. The zero-order valence-electron chi connectivity index (χ0n) is 7.02. The smallest absolute Gasteiger partial charge is 0.293 e. The molecule has 0 aromatic rings. The van der Waals surface area contributed by atoms with Crippen molar-refractivity contribution in [1.29, 1.82) is 0 Å². The van der Waals surface area contributed by atoms with Crippen LogP contribution in [0.1, 0.15) is 6.42 Å². The van der Waals surface area contributed by atoms with Gasteiger partial charge in [-0.2, -0.15) is 0 Å². The van der Waals surface area contributed by atoms with Gasteiger partial charge in [-0.05, 0) is 6.42 Å². The normalized spacial score (nSPS) is 11.1. The first-order valence-electron chi connectivity index (χ1n) is 3.61. The molecule has 10 heavy (non-hydrogen) atoms. The first kappa shape index (κ1) is 9.69. The van der Waals surface area contributed by atoms with Crippen molar-refractivity contribution in [3.63, 3.8) is 0 Å². The van der Waals surface area contributed by atoms with E-state index in [0.717, 1.165) is 6.42 Å². The van der Waals surface area contributed by atoms with E-state index >= 15 is 0 Å². The van der Waals surface area contributed by atoms with E-state index in [2.05, 4.69) is 24.4 Å². The maximum absolute atomic E-state index is 9.72. The summed E-state index contributed by atoms with van der Waals surface area (Å²) in [6.45, 7) is 8.05. The average molecular weight is 160 g/mol. The van der Waals surface area contributed by atoms with Crippen LogP contribution in [0.3, 0.4) is 0 Å². The Morgan fingerprint density at radius 3 is 2.40 bits per heavy atom. The van der Waals surface area contributed by atoms with Crippen molar-refractivity contribution in [3.05, 3.63) is 0 Å². The summed E-state index contributed by atoms with van der Waals surface area (Å²) in [6, 6.07) is 1.24. The molecule has 0 radical (unpaired) electrons. The second-order valence-corrected chi connectivity index (χ2v) is 9.25. The molecule has 0 saturated carbocycles. The third kappa shape index (κ3) is 7.69. The molecule has 0 heterocycles. The molecule has 0 unspecified atom stereocenters. The van der Waals surface area contributed by atoms with Crippen LogP contribution >= 0.6 is 0 Å². The molecule has 0 atom stereocenters. The highest BCUT2D eigenvalue weighted by Crippen LogP contribution is 2.10. The summed E-state index contributed by atoms with van der Waals surface area (Å²) < 4.78 is 4.57. The van der Waals surface area contributed by atoms with Crippen molar-refractivity contribution < 1.29 is 9.53 Å². The predicted octanol–water partition coefficient (Wildman–Crippen LogP) is 1.89. The van der Waals surface area contributed by atoms with Gasteiger partial charge in [-0.15, -0.1) is 0 Å². The summed E-state index contributed by atoms with van der Waals surface area (Å²) in [6.07, 6.45) is 1.02. The highest BCUT2D eigenvalue weighted by Gasteiger charge is 2.11. The minimum absolute atomic E-state index is 0.518. The molecule has 0 aromatic heterocycles. The summed E-state index contributed by atoms with van der Waals surface area (Å²) >= 11 is 0. The molecular weight excluding hydrogens is 144 g/mol. The van der Waals surface area contributed by atoms with E-state index in [4.69, 9.17) is 0 Å². The van der Waals surface area contributed by atoms with E-state index < -0.39 is 8.07 Å². The van der Waals surface area contributed by atoms with Crippen LogP contribution in [0.4, 0.5) is 0 Å². The molecule has 0 aliphatic heterocycles. The number of hydrogen-bond donors (Lipinski definition) is 0. The van der Waals surface area contributed by atoms with Crippen molar-refractivity contribution in [2.24, 2.45) is 0 Å². The summed E-state index contributed by atoms with van der Waals surface area (Å²) in [4.78, 5) is 9.72. The first-order chi connectivity index (χ1) is 4.56. The van der Waals surface area contributed by atoms with E-state index in [1.54, 1.807) is 0 Å². The molecular formula is C7H16O2Si. The van der Waals surface area contributed by atoms with Gasteiger partial charge in [0.15, 0.2) is 0 Å². The second kappa shape index (κ2) is 4.49. The van der Waals surface area contributed by atoms with Gasteiger partial charge in [0.25, 0.3) is 6.47 Å². The molecule has 0 bridgehead atoms. The number of carbonyl (C=O) groups excluding carboxylic acids is 1.